The third-order valence-corrected chi connectivity index (χ3v) is 4.19. The van der Waals surface area contributed by atoms with E-state index >= 15 is 0 Å². The van der Waals surface area contributed by atoms with E-state index in [-0.39, 0.29) is 6.04 Å². The summed E-state index contributed by atoms with van der Waals surface area (Å²) in [5.74, 6) is 7.38. The molecule has 19 heavy (non-hydrogen) atoms. The molecule has 0 bridgehead atoms. The van der Waals surface area contributed by atoms with Crippen molar-refractivity contribution in [2.45, 2.75) is 39.8 Å². The summed E-state index contributed by atoms with van der Waals surface area (Å²) in [7, 11) is 0. The van der Waals surface area contributed by atoms with E-state index in [1.165, 1.54) is 0 Å². The van der Waals surface area contributed by atoms with E-state index in [2.05, 4.69) is 33.4 Å². The lowest BCUT2D eigenvalue weighted by atomic mass is 10.1. The standard InChI is InChI=1S/C13H19BrN4O/c1-4-18-11(13(14)9(3)17-18)7-10(16-15)12-6-5-8(2)19-12/h5-6,10,16H,4,7,15H2,1-3H3. The van der Waals surface area contributed by atoms with Gasteiger partial charge in [0.2, 0.25) is 0 Å². The molecule has 2 aromatic rings. The number of aryl methyl sites for hydroxylation is 3. The molecule has 0 aromatic carbocycles. The van der Waals surface area contributed by atoms with E-state index in [0.29, 0.717) is 0 Å². The van der Waals surface area contributed by atoms with Crippen LogP contribution in [0.15, 0.2) is 21.0 Å². The molecule has 0 aliphatic carbocycles. The molecule has 1 atom stereocenters. The number of hydrogen-bond donors (Lipinski definition) is 2. The van der Waals surface area contributed by atoms with E-state index in [9.17, 15) is 0 Å². The number of nitrogens with two attached hydrogens (primary N) is 1. The maximum absolute atomic E-state index is 5.66. The van der Waals surface area contributed by atoms with Crippen LogP contribution in [-0.4, -0.2) is 9.78 Å². The molecule has 5 nitrogen and oxygen atoms in total. The first-order valence-electron chi connectivity index (χ1n) is 6.31. The van der Waals surface area contributed by atoms with Crippen LogP contribution in [0.3, 0.4) is 0 Å². The minimum atomic E-state index is -0.0635. The molecule has 2 aromatic heterocycles. The van der Waals surface area contributed by atoms with E-state index in [4.69, 9.17) is 10.3 Å². The lowest BCUT2D eigenvalue weighted by Gasteiger charge is -2.14. The van der Waals surface area contributed by atoms with Gasteiger partial charge in [-0.2, -0.15) is 5.10 Å². The molecule has 0 saturated carbocycles. The number of aromatic nitrogens is 2. The van der Waals surface area contributed by atoms with Crippen LogP contribution in [-0.2, 0) is 13.0 Å². The van der Waals surface area contributed by atoms with Gasteiger partial charge in [0.15, 0.2) is 0 Å². The molecule has 2 heterocycles. The molecule has 1 unspecified atom stereocenters. The van der Waals surface area contributed by atoms with Gasteiger partial charge >= 0.3 is 0 Å². The van der Waals surface area contributed by atoms with Gasteiger partial charge in [-0.3, -0.25) is 10.5 Å². The maximum Gasteiger partial charge on any atom is 0.122 e. The molecular formula is C13H19BrN4O. The molecule has 2 rings (SSSR count). The molecule has 3 N–H and O–H groups in total. The highest BCUT2D eigenvalue weighted by atomic mass is 79.9. The van der Waals surface area contributed by atoms with Crippen molar-refractivity contribution >= 4 is 15.9 Å². The van der Waals surface area contributed by atoms with E-state index < -0.39 is 0 Å². The summed E-state index contributed by atoms with van der Waals surface area (Å²) in [5.41, 5.74) is 4.92. The number of halogens is 1. The summed E-state index contributed by atoms with van der Waals surface area (Å²) < 4.78 is 8.67. The Morgan fingerprint density at radius 3 is 2.74 bits per heavy atom. The van der Waals surface area contributed by atoms with E-state index in [1.54, 1.807) is 0 Å². The van der Waals surface area contributed by atoms with Crippen molar-refractivity contribution < 1.29 is 4.42 Å². The Balaban J connectivity index is 2.28. The Hall–Kier alpha value is -1.11. The van der Waals surface area contributed by atoms with Crippen LogP contribution >= 0.6 is 15.9 Å². The second-order valence-corrected chi connectivity index (χ2v) is 5.33. The minimum absolute atomic E-state index is 0.0635. The van der Waals surface area contributed by atoms with E-state index in [1.807, 2.05) is 30.7 Å². The van der Waals surface area contributed by atoms with E-state index in [0.717, 1.165) is 40.3 Å². The molecule has 0 fully saturated rings. The van der Waals surface area contributed by atoms with Crippen molar-refractivity contribution in [1.82, 2.24) is 15.2 Å². The van der Waals surface area contributed by atoms with Crippen LogP contribution in [0.25, 0.3) is 0 Å². The molecule has 104 valence electrons. The SMILES string of the molecule is CCn1nc(C)c(Br)c1CC(NN)c1ccc(C)o1. The van der Waals surface area contributed by atoms with Gasteiger partial charge in [-0.1, -0.05) is 0 Å². The van der Waals surface area contributed by atoms with Gasteiger partial charge < -0.3 is 4.42 Å². The van der Waals surface area contributed by atoms with Crippen LogP contribution in [0.5, 0.6) is 0 Å². The first-order valence-corrected chi connectivity index (χ1v) is 7.10. The van der Waals surface area contributed by atoms with Gasteiger partial charge in [-0.15, -0.1) is 0 Å². The molecule has 0 radical (unpaired) electrons. The predicted octanol–water partition coefficient (Wildman–Crippen LogP) is 2.62. The average Bonchev–Trinajstić information content (AvgIpc) is 2.93. The third-order valence-electron chi connectivity index (χ3n) is 3.16. The number of nitrogens with one attached hydrogen (secondary N) is 1. The number of hydrogen-bond acceptors (Lipinski definition) is 4. The van der Waals surface area contributed by atoms with Gasteiger partial charge in [-0.05, 0) is 48.8 Å². The zero-order valence-electron chi connectivity index (χ0n) is 11.4. The lowest BCUT2D eigenvalue weighted by molar-refractivity contribution is 0.396. The fourth-order valence-electron chi connectivity index (χ4n) is 2.14. The van der Waals surface area contributed by atoms with Gasteiger partial charge in [0.1, 0.15) is 11.5 Å². The number of hydrazine groups is 1. The van der Waals surface area contributed by atoms with Crippen molar-refractivity contribution in [2.75, 3.05) is 0 Å². The predicted molar refractivity (Wildman–Crippen MR) is 77.6 cm³/mol. The summed E-state index contributed by atoms with van der Waals surface area (Å²) in [4.78, 5) is 0. The Kier molecular flexibility index (Phi) is 4.44. The smallest absolute Gasteiger partial charge is 0.122 e. The van der Waals surface area contributed by atoms with Gasteiger partial charge in [0.25, 0.3) is 0 Å². The molecule has 0 saturated heterocycles. The first-order chi connectivity index (χ1) is 9.06. The second-order valence-electron chi connectivity index (χ2n) is 4.53. The summed E-state index contributed by atoms with van der Waals surface area (Å²) in [6, 6.07) is 3.83. The average molecular weight is 327 g/mol. The normalized spacial score (nSPS) is 12.9. The number of rotatable bonds is 5. The summed E-state index contributed by atoms with van der Waals surface area (Å²) in [5, 5.41) is 4.49. The minimum Gasteiger partial charge on any atom is -0.465 e. The fraction of sp³-hybridized carbons (Fsp3) is 0.462. The summed E-state index contributed by atoms with van der Waals surface area (Å²) in [6.45, 7) is 6.82. The van der Waals surface area contributed by atoms with Gasteiger partial charge in [0, 0.05) is 13.0 Å². The first kappa shape index (κ1) is 14.3. The largest absolute Gasteiger partial charge is 0.465 e. The number of furan rings is 1. The highest BCUT2D eigenvalue weighted by Crippen LogP contribution is 2.27. The van der Waals surface area contributed by atoms with Gasteiger partial charge in [0.05, 0.1) is 21.9 Å². The molecule has 0 amide bonds. The fourth-order valence-corrected chi connectivity index (χ4v) is 2.59. The number of nitrogens with zero attached hydrogens (tertiary/aromatic N) is 2. The highest BCUT2D eigenvalue weighted by Gasteiger charge is 2.20. The van der Waals surface area contributed by atoms with Crippen LogP contribution < -0.4 is 11.3 Å². The van der Waals surface area contributed by atoms with Crippen molar-refractivity contribution in [1.29, 1.82) is 0 Å². The zero-order valence-corrected chi connectivity index (χ0v) is 13.0. The van der Waals surface area contributed by atoms with Gasteiger partial charge in [-0.25, -0.2) is 5.43 Å². The van der Waals surface area contributed by atoms with Crippen LogP contribution in [0, 0.1) is 13.8 Å². The van der Waals surface area contributed by atoms with Crippen LogP contribution in [0.2, 0.25) is 0 Å². The molecular weight excluding hydrogens is 308 g/mol. The third kappa shape index (κ3) is 2.91. The molecule has 0 spiro atoms. The van der Waals surface area contributed by atoms with Crippen LogP contribution in [0.1, 0.15) is 35.9 Å². The Labute approximate surface area is 121 Å². The Morgan fingerprint density at radius 2 is 2.21 bits per heavy atom. The second kappa shape index (κ2) is 5.90. The monoisotopic (exact) mass is 326 g/mol. The zero-order chi connectivity index (χ0) is 14.0. The Bertz CT molecular complexity index is 561. The molecule has 0 aliphatic rings. The Morgan fingerprint density at radius 1 is 1.47 bits per heavy atom. The van der Waals surface area contributed by atoms with Crippen molar-refractivity contribution in [3.63, 3.8) is 0 Å². The van der Waals surface area contributed by atoms with Crippen molar-refractivity contribution in [3.05, 3.63) is 39.5 Å². The van der Waals surface area contributed by atoms with Crippen LogP contribution in [0.4, 0.5) is 0 Å². The molecule has 0 aliphatic heterocycles. The quantitative estimate of drug-likeness (QED) is 0.654. The van der Waals surface area contributed by atoms with Crippen molar-refractivity contribution in [2.24, 2.45) is 5.84 Å². The topological polar surface area (TPSA) is 69.0 Å². The highest BCUT2D eigenvalue weighted by molar-refractivity contribution is 9.10. The maximum atomic E-state index is 5.66. The summed E-state index contributed by atoms with van der Waals surface area (Å²) in [6.07, 6.45) is 0.721. The lowest BCUT2D eigenvalue weighted by Crippen LogP contribution is -2.30. The van der Waals surface area contributed by atoms with Crippen molar-refractivity contribution in [3.8, 4) is 0 Å². The summed E-state index contributed by atoms with van der Waals surface area (Å²) >= 11 is 3.59. The molecule has 6 heteroatoms.